The van der Waals surface area contributed by atoms with Crippen LogP contribution < -0.4 is 0 Å². The Labute approximate surface area is 233 Å². The summed E-state index contributed by atoms with van der Waals surface area (Å²) in [6.45, 7) is 7.71. The third-order valence-corrected chi connectivity index (χ3v) is 8.89. The second-order valence-corrected chi connectivity index (χ2v) is 11.6. The zero-order chi connectivity index (χ0) is 27.6. The Bertz CT molecular complexity index is 1740. The molecule has 2 aliphatic rings. The molecule has 6 heteroatoms. The van der Waals surface area contributed by atoms with Crippen LogP contribution >= 0.6 is 0 Å². The van der Waals surface area contributed by atoms with E-state index >= 15 is 0 Å². The first kappa shape index (κ1) is 24.7. The second kappa shape index (κ2) is 9.12. The highest BCUT2D eigenvalue weighted by molar-refractivity contribution is 5.93. The summed E-state index contributed by atoms with van der Waals surface area (Å²) in [5, 5.41) is 5.68. The first-order chi connectivity index (χ1) is 19.4. The highest BCUT2D eigenvalue weighted by Crippen LogP contribution is 2.69. The Balaban J connectivity index is 1.28. The molecule has 0 radical (unpaired) electrons. The Morgan fingerprint density at radius 1 is 1.00 bits per heavy atom. The molecule has 40 heavy (non-hydrogen) atoms. The van der Waals surface area contributed by atoms with Crippen LogP contribution in [0.5, 0.6) is 0 Å². The number of rotatable bonds is 5. The van der Waals surface area contributed by atoms with Gasteiger partial charge in [-0.25, -0.2) is 14.1 Å². The van der Waals surface area contributed by atoms with Crippen molar-refractivity contribution in [2.24, 2.45) is 5.92 Å². The fraction of sp³-hybridized carbons (Fsp3) is 0.265. The summed E-state index contributed by atoms with van der Waals surface area (Å²) >= 11 is 0. The van der Waals surface area contributed by atoms with Gasteiger partial charge in [-0.05, 0) is 84.0 Å². The minimum absolute atomic E-state index is 0.00347. The number of carbonyl (C=O) groups is 1. The van der Waals surface area contributed by atoms with Crippen LogP contribution in [0.15, 0.2) is 91.1 Å². The molecule has 0 bridgehead atoms. The van der Waals surface area contributed by atoms with Crippen molar-refractivity contribution in [3.8, 4) is 5.69 Å². The van der Waals surface area contributed by atoms with Gasteiger partial charge in [-0.15, -0.1) is 0 Å². The predicted octanol–water partition coefficient (Wildman–Crippen LogP) is 6.80. The standard InChI is InChI=1S/C34H31FN4O/c1-21(2)29-10-7-11-30(37-29)33(40)38-19-28-32(23-8-5-4-6-9-23)34(28,20-38)27-17-24-18-36-39(31(24)16-22(27)3)26-14-12-25(35)13-15-26/h4-18,21,28,32H,19-20H2,1-3H3. The predicted molar refractivity (Wildman–Crippen MR) is 154 cm³/mol. The molecule has 2 aromatic heterocycles. The van der Waals surface area contributed by atoms with Crippen molar-refractivity contribution in [1.29, 1.82) is 0 Å². The number of piperidine rings is 1. The topological polar surface area (TPSA) is 51.0 Å². The van der Waals surface area contributed by atoms with E-state index in [-0.39, 0.29) is 23.1 Å². The monoisotopic (exact) mass is 530 g/mol. The zero-order valence-corrected chi connectivity index (χ0v) is 22.9. The van der Waals surface area contributed by atoms with E-state index in [0.717, 1.165) is 22.3 Å². The van der Waals surface area contributed by atoms with Gasteiger partial charge in [0.05, 0.1) is 17.4 Å². The number of aryl methyl sites for hydroxylation is 1. The minimum Gasteiger partial charge on any atom is -0.336 e. The summed E-state index contributed by atoms with van der Waals surface area (Å²) in [6.07, 6.45) is 1.88. The van der Waals surface area contributed by atoms with E-state index < -0.39 is 0 Å². The second-order valence-electron chi connectivity index (χ2n) is 11.6. The first-order valence-electron chi connectivity index (χ1n) is 13.9. The molecule has 1 saturated carbocycles. The third kappa shape index (κ3) is 3.77. The maximum absolute atomic E-state index is 13.7. The maximum atomic E-state index is 13.7. The first-order valence-corrected chi connectivity index (χ1v) is 13.9. The molecule has 5 aromatic rings. The Morgan fingerprint density at radius 3 is 2.52 bits per heavy atom. The van der Waals surface area contributed by atoms with Gasteiger partial charge >= 0.3 is 0 Å². The van der Waals surface area contributed by atoms with E-state index in [0.29, 0.717) is 30.6 Å². The minimum atomic E-state index is -0.268. The average molecular weight is 531 g/mol. The number of amides is 1. The summed E-state index contributed by atoms with van der Waals surface area (Å²) < 4.78 is 15.4. The lowest BCUT2D eigenvalue weighted by atomic mass is 9.86. The molecule has 0 N–H and O–H groups in total. The van der Waals surface area contributed by atoms with Crippen molar-refractivity contribution < 1.29 is 9.18 Å². The molecule has 2 fully saturated rings. The maximum Gasteiger partial charge on any atom is 0.272 e. The molecule has 3 heterocycles. The number of nitrogens with zero attached hydrogens (tertiary/aromatic N) is 4. The number of hydrogen-bond acceptors (Lipinski definition) is 3. The highest BCUT2D eigenvalue weighted by atomic mass is 19.1. The molecule has 3 atom stereocenters. The number of benzene rings is 3. The van der Waals surface area contributed by atoms with Gasteiger partial charge in [0.1, 0.15) is 11.5 Å². The van der Waals surface area contributed by atoms with Gasteiger partial charge < -0.3 is 4.90 Å². The number of halogens is 1. The number of carbonyl (C=O) groups excluding carboxylic acids is 1. The quantitative estimate of drug-likeness (QED) is 0.251. The summed E-state index contributed by atoms with van der Waals surface area (Å²) in [5.74, 6) is 0.671. The van der Waals surface area contributed by atoms with Crippen molar-refractivity contribution in [2.75, 3.05) is 13.1 Å². The lowest BCUT2D eigenvalue weighted by Crippen LogP contribution is -2.35. The lowest BCUT2D eigenvalue weighted by molar-refractivity contribution is 0.0763. The van der Waals surface area contributed by atoms with Crippen molar-refractivity contribution in [3.05, 3.63) is 125 Å². The third-order valence-electron chi connectivity index (χ3n) is 8.89. The van der Waals surface area contributed by atoms with E-state index in [9.17, 15) is 9.18 Å². The van der Waals surface area contributed by atoms with Crippen LogP contribution in [-0.4, -0.2) is 38.7 Å². The summed E-state index contributed by atoms with van der Waals surface area (Å²) in [4.78, 5) is 20.4. The van der Waals surface area contributed by atoms with E-state index in [1.807, 2.05) is 34.0 Å². The van der Waals surface area contributed by atoms with Crippen LogP contribution in [0.1, 0.15) is 58.6 Å². The van der Waals surface area contributed by atoms with E-state index in [4.69, 9.17) is 4.98 Å². The number of aromatic nitrogens is 3. The van der Waals surface area contributed by atoms with Crippen LogP contribution in [-0.2, 0) is 5.41 Å². The van der Waals surface area contributed by atoms with Gasteiger partial charge in [-0.2, -0.15) is 5.10 Å². The Hall–Kier alpha value is -4.32. The number of fused-ring (bicyclic) bond motifs is 2. The normalized spacial score (nSPS) is 21.7. The highest BCUT2D eigenvalue weighted by Gasteiger charge is 2.71. The summed E-state index contributed by atoms with van der Waals surface area (Å²) in [7, 11) is 0. The Morgan fingerprint density at radius 2 is 1.77 bits per heavy atom. The van der Waals surface area contributed by atoms with Crippen molar-refractivity contribution in [1.82, 2.24) is 19.7 Å². The van der Waals surface area contributed by atoms with E-state index in [1.54, 1.807) is 12.1 Å². The van der Waals surface area contributed by atoms with Crippen molar-refractivity contribution >= 4 is 16.8 Å². The van der Waals surface area contributed by atoms with Gasteiger partial charge in [0.2, 0.25) is 0 Å². The molecule has 1 aliphatic carbocycles. The van der Waals surface area contributed by atoms with Crippen molar-refractivity contribution in [2.45, 2.75) is 38.0 Å². The van der Waals surface area contributed by atoms with Crippen LogP contribution in [0, 0.1) is 18.7 Å². The van der Waals surface area contributed by atoms with Crippen LogP contribution in [0.3, 0.4) is 0 Å². The van der Waals surface area contributed by atoms with Gasteiger partial charge in [0, 0.05) is 35.5 Å². The fourth-order valence-electron chi connectivity index (χ4n) is 6.94. The van der Waals surface area contributed by atoms with Gasteiger partial charge in [0.25, 0.3) is 5.91 Å². The van der Waals surface area contributed by atoms with Crippen molar-refractivity contribution in [3.63, 3.8) is 0 Å². The molecule has 3 unspecified atom stereocenters. The summed E-state index contributed by atoms with van der Waals surface area (Å²) in [6, 6.07) is 27.3. The molecular weight excluding hydrogens is 499 g/mol. The summed E-state index contributed by atoms with van der Waals surface area (Å²) in [5.41, 5.74) is 6.87. The van der Waals surface area contributed by atoms with E-state index in [1.165, 1.54) is 28.8 Å². The average Bonchev–Trinajstić information content (AvgIpc) is 3.22. The molecule has 7 rings (SSSR count). The molecule has 200 valence electrons. The molecule has 0 spiro atoms. The lowest BCUT2D eigenvalue weighted by Gasteiger charge is -2.26. The molecule has 1 amide bonds. The number of likely N-dealkylation sites (tertiary alicyclic amines) is 1. The zero-order valence-electron chi connectivity index (χ0n) is 22.9. The van der Waals surface area contributed by atoms with Crippen LogP contribution in [0.25, 0.3) is 16.6 Å². The molecule has 5 nitrogen and oxygen atoms in total. The Kier molecular flexibility index (Phi) is 5.63. The van der Waals surface area contributed by atoms with E-state index in [2.05, 4.69) is 68.3 Å². The van der Waals surface area contributed by atoms with Gasteiger partial charge in [-0.3, -0.25) is 4.79 Å². The van der Waals surface area contributed by atoms with Gasteiger partial charge in [-0.1, -0.05) is 50.2 Å². The molecule has 1 saturated heterocycles. The molecule has 3 aromatic carbocycles. The van der Waals surface area contributed by atoms with Crippen LogP contribution in [0.2, 0.25) is 0 Å². The SMILES string of the molecule is Cc1cc2c(cnn2-c2ccc(F)cc2)cc1C12CN(C(=O)c3cccc(C(C)C)n3)CC1C2c1ccccc1. The molecule has 1 aliphatic heterocycles. The van der Waals surface area contributed by atoms with Gasteiger partial charge in [0.15, 0.2) is 0 Å². The number of hydrogen-bond donors (Lipinski definition) is 0. The largest absolute Gasteiger partial charge is 0.336 e. The fourth-order valence-corrected chi connectivity index (χ4v) is 6.94. The smallest absolute Gasteiger partial charge is 0.272 e. The molecular formula is C34H31FN4O. The van der Waals surface area contributed by atoms with Crippen LogP contribution in [0.4, 0.5) is 4.39 Å². The number of pyridine rings is 1.